The number of hydrogen-bond acceptors (Lipinski definition) is 5. The lowest BCUT2D eigenvalue weighted by atomic mass is 10.1. The third-order valence-electron chi connectivity index (χ3n) is 2.34. The zero-order chi connectivity index (χ0) is 11.0. The van der Waals surface area contributed by atoms with Crippen molar-refractivity contribution in [1.82, 2.24) is 15.1 Å². The molecule has 2 heterocycles. The van der Waals surface area contributed by atoms with E-state index in [9.17, 15) is 0 Å². The lowest BCUT2D eigenvalue weighted by Crippen LogP contribution is -1.84. The van der Waals surface area contributed by atoms with E-state index in [1.807, 2.05) is 30.5 Å². The summed E-state index contributed by atoms with van der Waals surface area (Å²) in [5.74, 6) is 0.496. The molecule has 3 aromatic rings. The smallest absolute Gasteiger partial charge is 0.319 e. The number of benzene rings is 1. The molecule has 0 unspecified atom stereocenters. The molecule has 0 saturated heterocycles. The van der Waals surface area contributed by atoms with Crippen molar-refractivity contribution >= 4 is 16.8 Å². The number of nitrogen functional groups attached to an aromatic ring is 1. The Morgan fingerprint density at radius 2 is 2.06 bits per heavy atom. The van der Waals surface area contributed by atoms with Crippen molar-refractivity contribution in [3.05, 3.63) is 36.7 Å². The highest BCUT2D eigenvalue weighted by molar-refractivity contribution is 5.85. The van der Waals surface area contributed by atoms with Gasteiger partial charge in [-0.25, -0.2) is 0 Å². The predicted molar refractivity (Wildman–Crippen MR) is 59.4 cm³/mol. The molecule has 0 saturated carbocycles. The lowest BCUT2D eigenvalue weighted by molar-refractivity contribution is 0.437. The van der Waals surface area contributed by atoms with Gasteiger partial charge >= 0.3 is 6.01 Å². The number of fused-ring (bicyclic) bond motifs is 1. The van der Waals surface area contributed by atoms with E-state index in [1.165, 1.54) is 0 Å². The summed E-state index contributed by atoms with van der Waals surface area (Å²) in [4.78, 5) is 8.02. The Morgan fingerprint density at radius 3 is 2.88 bits per heavy atom. The van der Waals surface area contributed by atoms with Crippen LogP contribution < -0.4 is 5.73 Å². The molecule has 0 spiro atoms. The van der Waals surface area contributed by atoms with Crippen molar-refractivity contribution in [3.8, 4) is 11.4 Å². The molecule has 0 fully saturated rings. The first-order valence-electron chi connectivity index (χ1n) is 4.76. The Hall–Kier alpha value is -2.43. The lowest BCUT2D eigenvalue weighted by Gasteiger charge is -1.98. The van der Waals surface area contributed by atoms with Crippen molar-refractivity contribution in [2.24, 2.45) is 0 Å². The fourth-order valence-corrected chi connectivity index (χ4v) is 1.57. The molecule has 0 amide bonds. The maximum Gasteiger partial charge on any atom is 0.319 e. The van der Waals surface area contributed by atoms with E-state index in [4.69, 9.17) is 10.3 Å². The highest BCUT2D eigenvalue weighted by Gasteiger charge is 2.06. The second-order valence-corrected chi connectivity index (χ2v) is 3.39. The monoisotopic (exact) mass is 212 g/mol. The van der Waals surface area contributed by atoms with Gasteiger partial charge in [0, 0.05) is 23.3 Å². The van der Waals surface area contributed by atoms with Gasteiger partial charge < -0.3 is 10.3 Å². The van der Waals surface area contributed by atoms with Crippen LogP contribution in [0.5, 0.6) is 0 Å². The van der Waals surface area contributed by atoms with Crippen molar-refractivity contribution in [2.45, 2.75) is 0 Å². The minimum atomic E-state index is 0.0739. The minimum absolute atomic E-state index is 0.0739. The van der Waals surface area contributed by atoms with Gasteiger partial charge in [-0.05, 0) is 17.5 Å². The normalized spacial score (nSPS) is 10.8. The maximum absolute atomic E-state index is 5.38. The second kappa shape index (κ2) is 3.30. The number of nitrogens with two attached hydrogens (primary N) is 1. The minimum Gasteiger partial charge on any atom is -0.351 e. The fourth-order valence-electron chi connectivity index (χ4n) is 1.57. The summed E-state index contributed by atoms with van der Waals surface area (Å²) < 4.78 is 4.74. The van der Waals surface area contributed by atoms with Gasteiger partial charge in [0.2, 0.25) is 5.82 Å². The molecule has 0 aliphatic carbocycles. The van der Waals surface area contributed by atoms with Gasteiger partial charge in [-0.3, -0.25) is 4.98 Å². The van der Waals surface area contributed by atoms with E-state index < -0.39 is 0 Å². The van der Waals surface area contributed by atoms with E-state index in [1.54, 1.807) is 6.20 Å². The van der Waals surface area contributed by atoms with E-state index >= 15 is 0 Å². The SMILES string of the molecule is Nc1nc(-c2ccc3cnccc3c2)no1. The molecule has 0 radical (unpaired) electrons. The average Bonchev–Trinajstić information content (AvgIpc) is 2.75. The van der Waals surface area contributed by atoms with Crippen LogP contribution in [0.15, 0.2) is 41.2 Å². The van der Waals surface area contributed by atoms with Crippen LogP contribution in [0.3, 0.4) is 0 Å². The molecule has 0 atom stereocenters. The zero-order valence-electron chi connectivity index (χ0n) is 8.29. The largest absolute Gasteiger partial charge is 0.351 e. The van der Waals surface area contributed by atoms with E-state index in [2.05, 4.69) is 15.1 Å². The summed E-state index contributed by atoms with van der Waals surface area (Å²) in [5, 5.41) is 5.92. The van der Waals surface area contributed by atoms with Crippen LogP contribution in [-0.2, 0) is 0 Å². The topological polar surface area (TPSA) is 77.8 Å². The van der Waals surface area contributed by atoms with Crippen LogP contribution in [-0.4, -0.2) is 15.1 Å². The standard InChI is InChI=1S/C11H8N4O/c12-11-14-10(15-16-11)8-1-2-9-6-13-4-3-7(9)5-8/h1-6H,(H2,12,14,15). The second-order valence-electron chi connectivity index (χ2n) is 3.39. The van der Waals surface area contributed by atoms with Crippen LogP contribution >= 0.6 is 0 Å². The molecular formula is C11H8N4O. The van der Waals surface area contributed by atoms with E-state index in [0.29, 0.717) is 5.82 Å². The first-order chi connectivity index (χ1) is 7.83. The molecular weight excluding hydrogens is 204 g/mol. The highest BCUT2D eigenvalue weighted by Crippen LogP contribution is 2.21. The molecule has 0 aliphatic rings. The molecule has 78 valence electrons. The summed E-state index contributed by atoms with van der Waals surface area (Å²) in [6.45, 7) is 0. The van der Waals surface area contributed by atoms with Gasteiger partial charge in [-0.2, -0.15) is 4.98 Å². The number of anilines is 1. The van der Waals surface area contributed by atoms with Crippen LogP contribution in [0.4, 0.5) is 6.01 Å². The van der Waals surface area contributed by atoms with Gasteiger partial charge in [0.05, 0.1) is 0 Å². The van der Waals surface area contributed by atoms with Gasteiger partial charge in [0.1, 0.15) is 0 Å². The van der Waals surface area contributed by atoms with Crippen molar-refractivity contribution < 1.29 is 4.52 Å². The molecule has 0 aliphatic heterocycles. The van der Waals surface area contributed by atoms with Crippen LogP contribution in [0.1, 0.15) is 0 Å². The molecule has 1 aromatic carbocycles. The molecule has 2 aromatic heterocycles. The van der Waals surface area contributed by atoms with Crippen LogP contribution in [0, 0.1) is 0 Å². The fraction of sp³-hybridized carbons (Fsp3) is 0. The third kappa shape index (κ3) is 1.38. The van der Waals surface area contributed by atoms with E-state index in [-0.39, 0.29) is 6.01 Å². The van der Waals surface area contributed by atoms with Gasteiger partial charge in [0.15, 0.2) is 0 Å². The van der Waals surface area contributed by atoms with Gasteiger partial charge in [-0.1, -0.05) is 17.3 Å². The Bertz CT molecular complexity index is 647. The zero-order valence-corrected chi connectivity index (χ0v) is 8.29. The Kier molecular flexibility index (Phi) is 1.83. The van der Waals surface area contributed by atoms with Crippen LogP contribution in [0.25, 0.3) is 22.2 Å². The summed E-state index contributed by atoms with van der Waals surface area (Å²) >= 11 is 0. The first-order valence-corrected chi connectivity index (χ1v) is 4.76. The molecule has 3 rings (SSSR count). The number of pyridine rings is 1. The van der Waals surface area contributed by atoms with Crippen molar-refractivity contribution in [3.63, 3.8) is 0 Å². The Balaban J connectivity index is 2.18. The van der Waals surface area contributed by atoms with Crippen LogP contribution in [0.2, 0.25) is 0 Å². The quantitative estimate of drug-likeness (QED) is 0.666. The van der Waals surface area contributed by atoms with Crippen molar-refractivity contribution in [1.29, 1.82) is 0 Å². The van der Waals surface area contributed by atoms with Crippen molar-refractivity contribution in [2.75, 3.05) is 5.73 Å². The molecule has 5 heteroatoms. The van der Waals surface area contributed by atoms with E-state index in [0.717, 1.165) is 16.3 Å². The number of aromatic nitrogens is 3. The highest BCUT2D eigenvalue weighted by atomic mass is 16.5. The molecule has 16 heavy (non-hydrogen) atoms. The Labute approximate surface area is 90.9 Å². The predicted octanol–water partition coefficient (Wildman–Crippen LogP) is 1.87. The van der Waals surface area contributed by atoms with Gasteiger partial charge in [0.25, 0.3) is 0 Å². The number of rotatable bonds is 1. The maximum atomic E-state index is 5.38. The third-order valence-corrected chi connectivity index (χ3v) is 2.34. The summed E-state index contributed by atoms with van der Waals surface area (Å²) in [7, 11) is 0. The first kappa shape index (κ1) is 8.84. The molecule has 2 N–H and O–H groups in total. The molecule has 0 bridgehead atoms. The number of hydrogen-bond donors (Lipinski definition) is 1. The molecule has 5 nitrogen and oxygen atoms in total. The average molecular weight is 212 g/mol. The Morgan fingerprint density at radius 1 is 1.12 bits per heavy atom. The summed E-state index contributed by atoms with van der Waals surface area (Å²) in [6.07, 6.45) is 3.56. The summed E-state index contributed by atoms with van der Waals surface area (Å²) in [5.41, 5.74) is 6.25. The summed E-state index contributed by atoms with van der Waals surface area (Å²) in [6, 6.07) is 7.85. The van der Waals surface area contributed by atoms with Gasteiger partial charge in [-0.15, -0.1) is 0 Å². The number of nitrogens with zero attached hydrogens (tertiary/aromatic N) is 3.